The lowest BCUT2D eigenvalue weighted by molar-refractivity contribution is -0.148. The van der Waals surface area contributed by atoms with Crippen molar-refractivity contribution in [2.24, 2.45) is 5.92 Å². The molecule has 0 aliphatic carbocycles. The summed E-state index contributed by atoms with van der Waals surface area (Å²) >= 11 is 0. The topological polar surface area (TPSA) is 67.9 Å². The maximum atomic E-state index is 12.7. The van der Waals surface area contributed by atoms with Crippen molar-refractivity contribution in [3.63, 3.8) is 0 Å². The van der Waals surface area contributed by atoms with Gasteiger partial charge in [-0.2, -0.15) is 0 Å². The highest BCUT2D eigenvalue weighted by Crippen LogP contribution is 2.31. The monoisotopic (exact) mass is 312 g/mol. The van der Waals surface area contributed by atoms with Crippen molar-refractivity contribution in [3.05, 3.63) is 0 Å². The smallest absolute Gasteiger partial charge is 0.225 e. The summed E-state index contributed by atoms with van der Waals surface area (Å²) in [7, 11) is 3.33. The van der Waals surface area contributed by atoms with Crippen molar-refractivity contribution in [2.75, 3.05) is 40.5 Å². The molecule has 2 aliphatic heterocycles. The largest absolute Gasteiger partial charge is 0.381 e. The Kier molecular flexibility index (Phi) is 6.20. The van der Waals surface area contributed by atoms with Gasteiger partial charge in [0, 0.05) is 52.8 Å². The lowest BCUT2D eigenvalue weighted by Crippen LogP contribution is -2.53. The Balaban J connectivity index is 1.95. The number of likely N-dealkylation sites (tertiary alicyclic amines) is 1. The van der Waals surface area contributed by atoms with E-state index in [1.165, 1.54) is 0 Å². The molecule has 1 N–H and O–H groups in total. The molecular weight excluding hydrogens is 284 g/mol. The van der Waals surface area contributed by atoms with Crippen LogP contribution in [-0.4, -0.2) is 62.8 Å². The first-order valence-corrected chi connectivity index (χ1v) is 8.22. The van der Waals surface area contributed by atoms with E-state index in [-0.39, 0.29) is 23.3 Å². The number of carbonyl (C=O) groups excluding carboxylic acids is 2. The van der Waals surface area contributed by atoms with E-state index in [0.717, 1.165) is 32.2 Å². The third-order valence-corrected chi connectivity index (χ3v) is 4.94. The fourth-order valence-electron chi connectivity index (χ4n) is 3.43. The normalized spacial score (nSPS) is 26.7. The minimum absolute atomic E-state index is 0.0179. The van der Waals surface area contributed by atoms with Gasteiger partial charge in [0.05, 0.1) is 5.60 Å². The Morgan fingerprint density at radius 3 is 2.73 bits per heavy atom. The Bertz CT molecular complexity index is 396. The van der Waals surface area contributed by atoms with Gasteiger partial charge in [-0.25, -0.2) is 0 Å². The average Bonchev–Trinajstić information content (AvgIpc) is 2.60. The Morgan fingerprint density at radius 2 is 2.09 bits per heavy atom. The summed E-state index contributed by atoms with van der Waals surface area (Å²) in [6.07, 6.45) is 4.54. The molecule has 22 heavy (non-hydrogen) atoms. The number of hydrogen-bond donors (Lipinski definition) is 1. The van der Waals surface area contributed by atoms with Crippen LogP contribution in [0, 0.1) is 5.92 Å². The van der Waals surface area contributed by atoms with Crippen LogP contribution < -0.4 is 5.32 Å². The minimum atomic E-state index is -0.383. The zero-order valence-electron chi connectivity index (χ0n) is 13.7. The molecule has 6 nitrogen and oxygen atoms in total. The van der Waals surface area contributed by atoms with Gasteiger partial charge >= 0.3 is 0 Å². The van der Waals surface area contributed by atoms with Gasteiger partial charge in [0.1, 0.15) is 0 Å². The number of amides is 2. The molecule has 2 rings (SSSR count). The standard InChI is InChI=1S/C16H28N2O4/c1-17-14(19)4-8-16(21-2)7-3-9-18(12-16)15(20)13-5-10-22-11-6-13/h13H,3-12H2,1-2H3,(H,17,19)/t16-/m0/s1. The van der Waals surface area contributed by atoms with E-state index in [1.807, 2.05) is 4.90 Å². The summed E-state index contributed by atoms with van der Waals surface area (Å²) < 4.78 is 11.1. The van der Waals surface area contributed by atoms with Gasteiger partial charge in [0.2, 0.25) is 11.8 Å². The van der Waals surface area contributed by atoms with E-state index >= 15 is 0 Å². The first-order chi connectivity index (χ1) is 10.6. The SMILES string of the molecule is CNC(=O)CC[C@@]1(OC)CCCN(C(=O)C2CCOCC2)C1. The van der Waals surface area contributed by atoms with Gasteiger partial charge in [0.25, 0.3) is 0 Å². The number of hydrogen-bond acceptors (Lipinski definition) is 4. The molecule has 126 valence electrons. The highest BCUT2D eigenvalue weighted by Gasteiger charge is 2.39. The highest BCUT2D eigenvalue weighted by molar-refractivity contribution is 5.79. The zero-order chi connectivity index (χ0) is 16.0. The van der Waals surface area contributed by atoms with Crippen LogP contribution in [0.15, 0.2) is 0 Å². The van der Waals surface area contributed by atoms with Crippen LogP contribution in [0.5, 0.6) is 0 Å². The third kappa shape index (κ3) is 4.20. The van der Waals surface area contributed by atoms with E-state index in [4.69, 9.17) is 9.47 Å². The predicted octanol–water partition coefficient (Wildman–Crippen LogP) is 0.947. The Morgan fingerprint density at radius 1 is 1.36 bits per heavy atom. The zero-order valence-corrected chi connectivity index (χ0v) is 13.7. The molecule has 2 amide bonds. The van der Waals surface area contributed by atoms with E-state index < -0.39 is 0 Å². The number of piperidine rings is 1. The fraction of sp³-hybridized carbons (Fsp3) is 0.875. The molecule has 1 atom stereocenters. The summed E-state index contributed by atoms with van der Waals surface area (Å²) in [4.78, 5) is 26.1. The molecule has 6 heteroatoms. The Labute approximate surface area is 132 Å². The molecular formula is C16H28N2O4. The predicted molar refractivity (Wildman–Crippen MR) is 82.4 cm³/mol. The van der Waals surface area contributed by atoms with E-state index in [9.17, 15) is 9.59 Å². The summed E-state index contributed by atoms with van der Waals surface area (Å²) in [5.41, 5.74) is -0.383. The molecule has 0 saturated carbocycles. The molecule has 0 unspecified atom stereocenters. The summed E-state index contributed by atoms with van der Waals surface area (Å²) in [5, 5.41) is 2.64. The summed E-state index contributed by atoms with van der Waals surface area (Å²) in [6, 6.07) is 0. The molecule has 0 aromatic rings. The maximum absolute atomic E-state index is 12.7. The van der Waals surface area contributed by atoms with E-state index in [0.29, 0.717) is 32.6 Å². The van der Waals surface area contributed by atoms with Crippen molar-refractivity contribution >= 4 is 11.8 Å². The quantitative estimate of drug-likeness (QED) is 0.820. The second-order valence-corrected chi connectivity index (χ2v) is 6.31. The molecule has 2 aliphatic rings. The van der Waals surface area contributed by atoms with Crippen LogP contribution in [0.3, 0.4) is 0 Å². The molecule has 0 aromatic heterocycles. The van der Waals surface area contributed by atoms with E-state index in [1.54, 1.807) is 14.2 Å². The van der Waals surface area contributed by atoms with Crippen molar-refractivity contribution in [1.82, 2.24) is 10.2 Å². The number of ether oxygens (including phenoxy) is 2. The van der Waals surface area contributed by atoms with Crippen LogP contribution in [0.2, 0.25) is 0 Å². The number of carbonyl (C=O) groups is 2. The third-order valence-electron chi connectivity index (χ3n) is 4.94. The van der Waals surface area contributed by atoms with Crippen LogP contribution in [0.4, 0.5) is 0 Å². The first kappa shape index (κ1) is 17.2. The van der Waals surface area contributed by atoms with Gasteiger partial charge < -0.3 is 19.7 Å². The molecule has 2 fully saturated rings. The number of nitrogens with zero attached hydrogens (tertiary/aromatic N) is 1. The molecule has 2 saturated heterocycles. The molecule has 0 radical (unpaired) electrons. The fourth-order valence-corrected chi connectivity index (χ4v) is 3.43. The summed E-state index contributed by atoms with van der Waals surface area (Å²) in [5.74, 6) is 0.328. The highest BCUT2D eigenvalue weighted by atomic mass is 16.5. The van der Waals surface area contributed by atoms with Crippen molar-refractivity contribution in [1.29, 1.82) is 0 Å². The number of methoxy groups -OCH3 is 1. The Hall–Kier alpha value is -1.14. The van der Waals surface area contributed by atoms with Crippen molar-refractivity contribution in [2.45, 2.75) is 44.1 Å². The van der Waals surface area contributed by atoms with Gasteiger partial charge in [-0.3, -0.25) is 9.59 Å². The first-order valence-electron chi connectivity index (χ1n) is 8.22. The van der Waals surface area contributed by atoms with Crippen LogP contribution in [0.1, 0.15) is 38.5 Å². The number of rotatable bonds is 5. The second kappa shape index (κ2) is 7.92. The summed E-state index contributed by atoms with van der Waals surface area (Å²) in [6.45, 7) is 2.74. The average molecular weight is 312 g/mol. The molecule has 0 aromatic carbocycles. The van der Waals surface area contributed by atoms with Crippen molar-refractivity contribution in [3.8, 4) is 0 Å². The van der Waals surface area contributed by atoms with Gasteiger partial charge in [-0.15, -0.1) is 0 Å². The van der Waals surface area contributed by atoms with Crippen LogP contribution >= 0.6 is 0 Å². The van der Waals surface area contributed by atoms with Crippen LogP contribution in [-0.2, 0) is 19.1 Å². The molecule has 2 heterocycles. The van der Waals surface area contributed by atoms with E-state index in [2.05, 4.69) is 5.32 Å². The lowest BCUT2D eigenvalue weighted by atomic mass is 9.86. The lowest BCUT2D eigenvalue weighted by Gasteiger charge is -2.43. The molecule has 0 bridgehead atoms. The van der Waals surface area contributed by atoms with Crippen LogP contribution in [0.25, 0.3) is 0 Å². The minimum Gasteiger partial charge on any atom is -0.381 e. The number of nitrogens with one attached hydrogen (secondary N) is 1. The van der Waals surface area contributed by atoms with Gasteiger partial charge in [0.15, 0.2) is 0 Å². The van der Waals surface area contributed by atoms with Crippen molar-refractivity contribution < 1.29 is 19.1 Å². The van der Waals surface area contributed by atoms with Gasteiger partial charge in [-0.1, -0.05) is 0 Å². The molecule has 0 spiro atoms. The van der Waals surface area contributed by atoms with Gasteiger partial charge in [-0.05, 0) is 32.1 Å². The maximum Gasteiger partial charge on any atom is 0.225 e. The second-order valence-electron chi connectivity index (χ2n) is 6.31.